The summed E-state index contributed by atoms with van der Waals surface area (Å²) in [7, 11) is 0. The molecule has 0 spiro atoms. The number of ether oxygens (including phenoxy) is 1. The molecule has 1 aromatic carbocycles. The first kappa shape index (κ1) is 14.2. The first-order valence-corrected chi connectivity index (χ1v) is 5.80. The molecule has 96 valence electrons. The standard InChI is InChI=1S/C15H18O3/c1-11(10-12-8-6-5-7-9-12)13(16)18-14(17)15(2,3)4/h5-10H,1-4H3/b11-10+. The summed E-state index contributed by atoms with van der Waals surface area (Å²) in [5, 5.41) is 0. The highest BCUT2D eigenvalue weighted by Crippen LogP contribution is 2.16. The van der Waals surface area contributed by atoms with Gasteiger partial charge in [0.05, 0.1) is 5.41 Å². The molecule has 0 aliphatic heterocycles. The van der Waals surface area contributed by atoms with Crippen molar-refractivity contribution in [1.82, 2.24) is 0 Å². The van der Waals surface area contributed by atoms with Crippen LogP contribution in [0.15, 0.2) is 35.9 Å². The van der Waals surface area contributed by atoms with E-state index in [2.05, 4.69) is 0 Å². The van der Waals surface area contributed by atoms with Gasteiger partial charge in [0.25, 0.3) is 0 Å². The van der Waals surface area contributed by atoms with Gasteiger partial charge in [-0.2, -0.15) is 0 Å². The Morgan fingerprint density at radius 1 is 1.11 bits per heavy atom. The van der Waals surface area contributed by atoms with Gasteiger partial charge in [-0.25, -0.2) is 4.79 Å². The van der Waals surface area contributed by atoms with Crippen molar-refractivity contribution < 1.29 is 14.3 Å². The maximum absolute atomic E-state index is 11.7. The lowest BCUT2D eigenvalue weighted by atomic mass is 9.97. The first-order valence-electron chi connectivity index (χ1n) is 5.80. The van der Waals surface area contributed by atoms with E-state index in [9.17, 15) is 9.59 Å². The maximum atomic E-state index is 11.7. The second-order valence-corrected chi connectivity index (χ2v) is 5.17. The number of esters is 2. The van der Waals surface area contributed by atoms with Gasteiger partial charge in [0, 0.05) is 5.57 Å². The largest absolute Gasteiger partial charge is 0.389 e. The fraction of sp³-hybridized carbons (Fsp3) is 0.333. The van der Waals surface area contributed by atoms with Crippen molar-refractivity contribution in [2.45, 2.75) is 27.7 Å². The first-order chi connectivity index (χ1) is 8.30. The molecule has 0 aromatic heterocycles. The van der Waals surface area contributed by atoms with Gasteiger partial charge in [0.15, 0.2) is 0 Å². The van der Waals surface area contributed by atoms with E-state index in [0.717, 1.165) is 5.56 Å². The van der Waals surface area contributed by atoms with Gasteiger partial charge in [-0.3, -0.25) is 4.79 Å². The van der Waals surface area contributed by atoms with Crippen molar-refractivity contribution in [2.24, 2.45) is 5.41 Å². The number of benzene rings is 1. The lowest BCUT2D eigenvalue weighted by Crippen LogP contribution is -2.26. The molecule has 0 bridgehead atoms. The molecule has 0 aliphatic carbocycles. The van der Waals surface area contributed by atoms with Crippen LogP contribution in [0.2, 0.25) is 0 Å². The van der Waals surface area contributed by atoms with Gasteiger partial charge in [-0.15, -0.1) is 0 Å². The Morgan fingerprint density at radius 2 is 1.67 bits per heavy atom. The van der Waals surface area contributed by atoms with Crippen LogP contribution in [-0.2, 0) is 14.3 Å². The van der Waals surface area contributed by atoms with E-state index >= 15 is 0 Å². The van der Waals surface area contributed by atoms with Crippen LogP contribution in [0.1, 0.15) is 33.3 Å². The second kappa shape index (κ2) is 5.63. The third-order valence-electron chi connectivity index (χ3n) is 2.30. The van der Waals surface area contributed by atoms with E-state index in [-0.39, 0.29) is 0 Å². The SMILES string of the molecule is C/C(=C\c1ccccc1)C(=O)OC(=O)C(C)(C)C. The predicted octanol–water partition coefficient (Wildman–Crippen LogP) is 3.21. The minimum Gasteiger partial charge on any atom is -0.389 e. The Hall–Kier alpha value is -1.90. The summed E-state index contributed by atoms with van der Waals surface area (Å²) in [5.74, 6) is -1.12. The lowest BCUT2D eigenvalue weighted by Gasteiger charge is -2.15. The molecule has 0 aliphatic rings. The molecule has 3 heteroatoms. The van der Waals surface area contributed by atoms with Crippen LogP contribution < -0.4 is 0 Å². The molecule has 3 nitrogen and oxygen atoms in total. The molecule has 1 aromatic rings. The summed E-state index contributed by atoms with van der Waals surface area (Å²) >= 11 is 0. The second-order valence-electron chi connectivity index (χ2n) is 5.17. The Bertz CT molecular complexity index is 464. The minimum absolute atomic E-state index is 0.402. The molecular formula is C15H18O3. The Balaban J connectivity index is 2.74. The lowest BCUT2D eigenvalue weighted by molar-refractivity contribution is -0.163. The molecule has 0 unspecified atom stereocenters. The highest BCUT2D eigenvalue weighted by atomic mass is 16.6. The fourth-order valence-electron chi connectivity index (χ4n) is 1.18. The quantitative estimate of drug-likeness (QED) is 0.457. The summed E-state index contributed by atoms with van der Waals surface area (Å²) in [6.45, 7) is 6.75. The van der Waals surface area contributed by atoms with E-state index in [1.165, 1.54) is 0 Å². The van der Waals surface area contributed by atoms with E-state index in [4.69, 9.17) is 4.74 Å². The normalized spacial score (nSPS) is 12.1. The van der Waals surface area contributed by atoms with E-state index < -0.39 is 17.4 Å². The highest BCUT2D eigenvalue weighted by Gasteiger charge is 2.26. The number of carbonyl (C=O) groups excluding carboxylic acids is 2. The van der Waals surface area contributed by atoms with Crippen molar-refractivity contribution >= 4 is 18.0 Å². The van der Waals surface area contributed by atoms with Gasteiger partial charge >= 0.3 is 11.9 Å². The van der Waals surface area contributed by atoms with Crippen LogP contribution in [-0.4, -0.2) is 11.9 Å². The van der Waals surface area contributed by atoms with Crippen LogP contribution in [0.4, 0.5) is 0 Å². The Morgan fingerprint density at radius 3 is 2.17 bits per heavy atom. The smallest absolute Gasteiger partial charge is 0.341 e. The monoisotopic (exact) mass is 246 g/mol. The zero-order chi connectivity index (χ0) is 13.8. The Kier molecular flexibility index (Phi) is 4.43. The molecule has 0 atom stereocenters. The summed E-state index contributed by atoms with van der Waals surface area (Å²) < 4.78 is 4.80. The molecular weight excluding hydrogens is 228 g/mol. The molecule has 0 radical (unpaired) electrons. The van der Waals surface area contributed by atoms with Gasteiger partial charge in [-0.05, 0) is 39.3 Å². The Labute approximate surface area is 107 Å². The van der Waals surface area contributed by atoms with Gasteiger partial charge in [0.1, 0.15) is 0 Å². The molecule has 0 saturated carbocycles. The van der Waals surface area contributed by atoms with Crippen molar-refractivity contribution in [3.8, 4) is 0 Å². The molecule has 18 heavy (non-hydrogen) atoms. The summed E-state index contributed by atoms with van der Waals surface area (Å²) in [6, 6.07) is 9.41. The third kappa shape index (κ3) is 4.17. The number of rotatable bonds is 2. The van der Waals surface area contributed by atoms with Crippen molar-refractivity contribution in [2.75, 3.05) is 0 Å². The molecule has 0 heterocycles. The molecule has 0 fully saturated rings. The van der Waals surface area contributed by atoms with Crippen LogP contribution in [0.25, 0.3) is 6.08 Å². The van der Waals surface area contributed by atoms with E-state index in [1.807, 2.05) is 30.3 Å². The predicted molar refractivity (Wildman–Crippen MR) is 70.6 cm³/mol. The summed E-state index contributed by atoms with van der Waals surface area (Å²) in [6.07, 6.45) is 1.69. The maximum Gasteiger partial charge on any atom is 0.341 e. The zero-order valence-corrected chi connectivity index (χ0v) is 11.2. The van der Waals surface area contributed by atoms with Gasteiger partial charge in [-0.1, -0.05) is 30.3 Å². The van der Waals surface area contributed by atoms with Crippen molar-refractivity contribution in [3.05, 3.63) is 41.5 Å². The number of hydrogen-bond donors (Lipinski definition) is 0. The zero-order valence-electron chi connectivity index (χ0n) is 11.2. The topological polar surface area (TPSA) is 43.4 Å². The molecule has 0 N–H and O–H groups in total. The molecule has 0 amide bonds. The van der Waals surface area contributed by atoms with Crippen LogP contribution in [0, 0.1) is 5.41 Å². The van der Waals surface area contributed by atoms with Crippen LogP contribution in [0.3, 0.4) is 0 Å². The third-order valence-corrected chi connectivity index (χ3v) is 2.30. The van der Waals surface area contributed by atoms with Crippen molar-refractivity contribution in [3.63, 3.8) is 0 Å². The van der Waals surface area contributed by atoms with E-state index in [1.54, 1.807) is 33.8 Å². The summed E-state index contributed by atoms with van der Waals surface area (Å²) in [4.78, 5) is 23.3. The summed E-state index contributed by atoms with van der Waals surface area (Å²) in [5.41, 5.74) is 0.622. The average Bonchev–Trinajstić information content (AvgIpc) is 2.28. The number of carbonyl (C=O) groups is 2. The average molecular weight is 246 g/mol. The van der Waals surface area contributed by atoms with Crippen LogP contribution in [0.5, 0.6) is 0 Å². The number of hydrogen-bond acceptors (Lipinski definition) is 3. The van der Waals surface area contributed by atoms with E-state index in [0.29, 0.717) is 5.57 Å². The highest BCUT2D eigenvalue weighted by molar-refractivity contribution is 6.00. The fourth-order valence-corrected chi connectivity index (χ4v) is 1.18. The molecule has 0 saturated heterocycles. The van der Waals surface area contributed by atoms with Gasteiger partial charge in [0.2, 0.25) is 0 Å². The molecule has 1 rings (SSSR count). The van der Waals surface area contributed by atoms with Crippen LogP contribution >= 0.6 is 0 Å². The van der Waals surface area contributed by atoms with Gasteiger partial charge < -0.3 is 4.74 Å². The van der Waals surface area contributed by atoms with Crippen molar-refractivity contribution in [1.29, 1.82) is 0 Å². The minimum atomic E-state index is -0.678.